The van der Waals surface area contributed by atoms with Crippen LogP contribution in [-0.2, 0) is 6.42 Å². The molecule has 1 N–H and O–H groups in total. The van der Waals surface area contributed by atoms with Crippen molar-refractivity contribution in [3.63, 3.8) is 0 Å². The van der Waals surface area contributed by atoms with E-state index in [1.807, 2.05) is 6.20 Å². The molecule has 1 fully saturated rings. The van der Waals surface area contributed by atoms with Crippen LogP contribution < -0.4 is 5.32 Å². The van der Waals surface area contributed by atoms with Crippen molar-refractivity contribution in [3.05, 3.63) is 42.2 Å². The van der Waals surface area contributed by atoms with Crippen LogP contribution in [0.1, 0.15) is 77.3 Å². The van der Waals surface area contributed by atoms with E-state index in [1.54, 1.807) is 0 Å². The molecule has 1 aliphatic carbocycles. The summed E-state index contributed by atoms with van der Waals surface area (Å²) in [5.41, 5.74) is 4.97. The normalized spacial score (nSPS) is 15.2. The number of hydrogen-bond acceptors (Lipinski definition) is 3. The largest absolute Gasteiger partial charge is 0.354 e. The summed E-state index contributed by atoms with van der Waals surface area (Å²) >= 11 is 0. The fraction of sp³-hybridized carbons (Fsp3) is 0.538. The summed E-state index contributed by atoms with van der Waals surface area (Å²) in [6.45, 7) is 7.65. The highest BCUT2D eigenvalue weighted by Crippen LogP contribution is 2.36. The molecule has 0 amide bonds. The highest BCUT2D eigenvalue weighted by atomic mass is 15.2. The number of nitrogens with one attached hydrogen (secondary N) is 1. The predicted molar refractivity (Wildman–Crippen MR) is 127 cm³/mol. The zero-order valence-corrected chi connectivity index (χ0v) is 18.8. The minimum absolute atomic E-state index is 0.548. The van der Waals surface area contributed by atoms with Crippen molar-refractivity contribution in [2.45, 2.75) is 78.2 Å². The summed E-state index contributed by atoms with van der Waals surface area (Å²) in [4.78, 5) is 9.70. The third kappa shape index (κ3) is 4.38. The first-order valence-corrected chi connectivity index (χ1v) is 11.9. The lowest BCUT2D eigenvalue weighted by molar-refractivity contribution is 0.360. The van der Waals surface area contributed by atoms with Gasteiger partial charge in [0.25, 0.3) is 0 Å². The van der Waals surface area contributed by atoms with Crippen LogP contribution in [0.25, 0.3) is 22.2 Å². The molecule has 0 atom stereocenters. The van der Waals surface area contributed by atoms with Crippen molar-refractivity contribution in [1.29, 1.82) is 0 Å². The van der Waals surface area contributed by atoms with E-state index in [9.17, 15) is 0 Å². The van der Waals surface area contributed by atoms with Gasteiger partial charge in [0.05, 0.1) is 0 Å². The van der Waals surface area contributed by atoms with Crippen LogP contribution in [0.4, 0.5) is 5.95 Å². The third-order valence-electron chi connectivity index (χ3n) is 6.92. The fourth-order valence-corrected chi connectivity index (χ4v) is 4.72. The van der Waals surface area contributed by atoms with Crippen molar-refractivity contribution in [3.8, 4) is 11.1 Å². The number of aromatic nitrogens is 3. The molecule has 2 heterocycles. The second kappa shape index (κ2) is 9.63. The van der Waals surface area contributed by atoms with Crippen LogP contribution in [-0.4, -0.2) is 21.1 Å². The Balaban J connectivity index is 1.72. The van der Waals surface area contributed by atoms with E-state index in [2.05, 4.69) is 61.1 Å². The predicted octanol–water partition coefficient (Wildman–Crippen LogP) is 7.01. The zero-order chi connectivity index (χ0) is 20.9. The first-order valence-electron chi connectivity index (χ1n) is 11.9. The van der Waals surface area contributed by atoms with Crippen LogP contribution >= 0.6 is 0 Å². The van der Waals surface area contributed by atoms with Gasteiger partial charge >= 0.3 is 0 Å². The van der Waals surface area contributed by atoms with Gasteiger partial charge in [0.15, 0.2) is 0 Å². The molecule has 30 heavy (non-hydrogen) atoms. The molecule has 0 bridgehead atoms. The molecule has 3 aromatic rings. The lowest BCUT2D eigenvalue weighted by Crippen LogP contribution is -2.15. The van der Waals surface area contributed by atoms with Crippen molar-refractivity contribution >= 4 is 17.0 Å². The number of fused-ring (bicyclic) bond motifs is 1. The molecule has 0 unspecified atom stereocenters. The van der Waals surface area contributed by atoms with Crippen molar-refractivity contribution in [2.75, 3.05) is 11.9 Å². The summed E-state index contributed by atoms with van der Waals surface area (Å²) in [7, 11) is 0. The fourth-order valence-electron chi connectivity index (χ4n) is 4.72. The minimum Gasteiger partial charge on any atom is -0.354 e. The van der Waals surface area contributed by atoms with Gasteiger partial charge in [0.1, 0.15) is 5.65 Å². The monoisotopic (exact) mass is 404 g/mol. The summed E-state index contributed by atoms with van der Waals surface area (Å²) in [5.74, 6) is 1.43. The Morgan fingerprint density at radius 3 is 2.43 bits per heavy atom. The maximum absolute atomic E-state index is 5.01. The first-order chi connectivity index (χ1) is 14.7. The number of aryl methyl sites for hydroxylation is 1. The van der Waals surface area contributed by atoms with Gasteiger partial charge in [0, 0.05) is 35.9 Å². The number of nitrogens with zero attached hydrogens (tertiary/aromatic N) is 3. The Labute approximate surface area is 181 Å². The molecule has 2 aromatic heterocycles. The summed E-state index contributed by atoms with van der Waals surface area (Å²) < 4.78 is 2.45. The van der Waals surface area contributed by atoms with Gasteiger partial charge in [-0.1, -0.05) is 77.1 Å². The lowest BCUT2D eigenvalue weighted by Gasteiger charge is -2.23. The van der Waals surface area contributed by atoms with Gasteiger partial charge in [-0.05, 0) is 36.3 Å². The Morgan fingerprint density at radius 1 is 1.03 bits per heavy atom. The van der Waals surface area contributed by atoms with E-state index < -0.39 is 0 Å². The quantitative estimate of drug-likeness (QED) is 0.439. The summed E-state index contributed by atoms with van der Waals surface area (Å²) in [6.07, 6.45) is 14.3. The van der Waals surface area contributed by atoms with Crippen LogP contribution in [0.15, 0.2) is 36.7 Å². The molecular weight excluding hydrogens is 368 g/mol. The number of benzene rings is 1. The highest BCUT2D eigenvalue weighted by Gasteiger charge is 2.21. The molecule has 4 heteroatoms. The maximum Gasteiger partial charge on any atom is 0.224 e. The molecule has 1 saturated carbocycles. The molecule has 0 saturated heterocycles. The second-order valence-corrected chi connectivity index (χ2v) is 8.79. The van der Waals surface area contributed by atoms with Gasteiger partial charge in [-0.3, -0.25) is 0 Å². The summed E-state index contributed by atoms with van der Waals surface area (Å²) in [5, 5.41) is 4.66. The zero-order valence-electron chi connectivity index (χ0n) is 18.8. The van der Waals surface area contributed by atoms with Crippen LogP contribution in [0, 0.1) is 5.92 Å². The second-order valence-electron chi connectivity index (χ2n) is 8.79. The Bertz CT molecular complexity index is 947. The van der Waals surface area contributed by atoms with E-state index in [-0.39, 0.29) is 0 Å². The van der Waals surface area contributed by atoms with Crippen LogP contribution in [0.3, 0.4) is 0 Å². The summed E-state index contributed by atoms with van der Waals surface area (Å²) in [6, 6.07) is 9.53. The van der Waals surface area contributed by atoms with E-state index in [0.29, 0.717) is 12.0 Å². The molecule has 4 nitrogen and oxygen atoms in total. The molecule has 160 valence electrons. The van der Waals surface area contributed by atoms with Gasteiger partial charge in [-0.25, -0.2) is 4.98 Å². The number of hydrogen-bond donors (Lipinski definition) is 1. The van der Waals surface area contributed by atoms with E-state index in [1.165, 1.54) is 61.6 Å². The minimum atomic E-state index is 0.548. The van der Waals surface area contributed by atoms with E-state index in [0.717, 1.165) is 29.9 Å². The van der Waals surface area contributed by atoms with Crippen molar-refractivity contribution in [2.24, 2.45) is 5.92 Å². The Morgan fingerprint density at radius 2 is 1.77 bits per heavy atom. The molecule has 0 spiro atoms. The molecule has 1 aromatic carbocycles. The van der Waals surface area contributed by atoms with E-state index in [4.69, 9.17) is 9.97 Å². The van der Waals surface area contributed by atoms with E-state index >= 15 is 0 Å². The highest BCUT2D eigenvalue weighted by molar-refractivity contribution is 5.94. The van der Waals surface area contributed by atoms with Gasteiger partial charge < -0.3 is 9.88 Å². The molecule has 4 rings (SSSR count). The average Bonchev–Trinajstić information content (AvgIpc) is 3.19. The van der Waals surface area contributed by atoms with Crippen molar-refractivity contribution < 1.29 is 0 Å². The van der Waals surface area contributed by atoms with Crippen LogP contribution in [0.5, 0.6) is 0 Å². The Hall–Kier alpha value is -2.36. The molecular formula is C26H36N4. The van der Waals surface area contributed by atoms with Crippen LogP contribution in [0.2, 0.25) is 0 Å². The van der Waals surface area contributed by atoms with Gasteiger partial charge in [-0.15, -0.1) is 0 Å². The topological polar surface area (TPSA) is 42.7 Å². The standard InChI is InChI=1S/C26H36N4/c1-4-19(5-2)16-27-26-28-17-23-24(21-14-12-20(6-3)13-15-21)18-30(25(23)29-26)22-10-8-7-9-11-22/h12-15,17-19,22H,4-11,16H2,1-3H3,(H,27,28,29). The number of rotatable bonds is 8. The third-order valence-corrected chi connectivity index (χ3v) is 6.92. The van der Waals surface area contributed by atoms with Gasteiger partial charge in [-0.2, -0.15) is 4.98 Å². The molecule has 0 radical (unpaired) electrons. The SMILES string of the molecule is CCc1ccc(-c2cn(C3CCCCC3)c3nc(NCC(CC)CC)ncc23)cc1. The Kier molecular flexibility index (Phi) is 6.71. The van der Waals surface area contributed by atoms with Gasteiger partial charge in [0.2, 0.25) is 5.95 Å². The smallest absolute Gasteiger partial charge is 0.224 e. The number of anilines is 1. The maximum atomic E-state index is 5.01. The molecule has 1 aliphatic rings. The average molecular weight is 405 g/mol. The lowest BCUT2D eigenvalue weighted by atomic mass is 9.95. The van der Waals surface area contributed by atoms with Crippen molar-refractivity contribution in [1.82, 2.24) is 14.5 Å². The first kappa shape index (κ1) is 20.9. The molecule has 0 aliphatic heterocycles.